The molecular weight excluding hydrogens is 184 g/mol. The highest BCUT2D eigenvalue weighted by atomic mass is 35.5. The molecule has 0 aromatic heterocycles. The second kappa shape index (κ2) is 4.99. The first-order chi connectivity index (χ1) is 6.11. The molecule has 1 N–H and O–H groups in total. The Morgan fingerprint density at radius 3 is 2.92 bits per heavy atom. The lowest BCUT2D eigenvalue weighted by Gasteiger charge is -2.38. The van der Waals surface area contributed by atoms with Gasteiger partial charge in [0.15, 0.2) is 0 Å². The van der Waals surface area contributed by atoms with E-state index >= 15 is 0 Å². The second-order valence-electron chi connectivity index (χ2n) is 4.00. The Balaban J connectivity index is 2.51. The van der Waals surface area contributed by atoms with Gasteiger partial charge in [0.1, 0.15) is 0 Å². The summed E-state index contributed by atoms with van der Waals surface area (Å²) in [6.07, 6.45) is 0. The molecule has 13 heavy (non-hydrogen) atoms. The van der Waals surface area contributed by atoms with Crippen LogP contribution in [0.3, 0.4) is 0 Å². The molecule has 1 aliphatic heterocycles. The van der Waals surface area contributed by atoms with Crippen molar-refractivity contribution in [2.45, 2.75) is 19.9 Å². The molecule has 0 radical (unpaired) electrons. The van der Waals surface area contributed by atoms with Crippen LogP contribution in [-0.2, 0) is 0 Å². The van der Waals surface area contributed by atoms with E-state index in [1.807, 2.05) is 0 Å². The van der Waals surface area contributed by atoms with Crippen molar-refractivity contribution in [3.05, 3.63) is 11.6 Å². The summed E-state index contributed by atoms with van der Waals surface area (Å²) in [4.78, 5) is 2.41. The van der Waals surface area contributed by atoms with Gasteiger partial charge in [-0.2, -0.15) is 0 Å². The highest BCUT2D eigenvalue weighted by molar-refractivity contribution is 6.29. The molecule has 0 spiro atoms. The minimum Gasteiger partial charge on any atom is -0.314 e. The van der Waals surface area contributed by atoms with Gasteiger partial charge in [-0.3, -0.25) is 4.90 Å². The fraction of sp³-hybridized carbons (Fsp3) is 0.800. The first-order valence-corrected chi connectivity index (χ1v) is 5.27. The molecule has 1 atom stereocenters. The third-order valence-corrected chi connectivity index (χ3v) is 2.66. The van der Waals surface area contributed by atoms with Crippen molar-refractivity contribution in [1.82, 2.24) is 10.2 Å². The Kier molecular flexibility index (Phi) is 4.23. The maximum absolute atomic E-state index is 5.82. The SMILES string of the molecule is C=C(Cl)CN1CCNCC1C(C)C. The summed E-state index contributed by atoms with van der Waals surface area (Å²) in [7, 11) is 0. The number of halogens is 1. The van der Waals surface area contributed by atoms with E-state index < -0.39 is 0 Å². The van der Waals surface area contributed by atoms with E-state index in [4.69, 9.17) is 11.6 Å². The fourth-order valence-electron chi connectivity index (χ4n) is 1.84. The van der Waals surface area contributed by atoms with Gasteiger partial charge in [0.2, 0.25) is 0 Å². The van der Waals surface area contributed by atoms with Crippen LogP contribution in [0.1, 0.15) is 13.8 Å². The lowest BCUT2D eigenvalue weighted by molar-refractivity contribution is 0.138. The van der Waals surface area contributed by atoms with Crippen LogP contribution in [-0.4, -0.2) is 37.1 Å². The number of hydrogen-bond donors (Lipinski definition) is 1. The van der Waals surface area contributed by atoms with Crippen LogP contribution in [0.15, 0.2) is 11.6 Å². The monoisotopic (exact) mass is 202 g/mol. The average Bonchev–Trinajstić information content (AvgIpc) is 2.03. The van der Waals surface area contributed by atoms with Gasteiger partial charge in [-0.15, -0.1) is 0 Å². The van der Waals surface area contributed by atoms with Gasteiger partial charge < -0.3 is 5.32 Å². The molecule has 0 aromatic rings. The Labute approximate surface area is 85.9 Å². The van der Waals surface area contributed by atoms with Crippen molar-refractivity contribution in [2.24, 2.45) is 5.92 Å². The Morgan fingerprint density at radius 1 is 1.69 bits per heavy atom. The summed E-state index contributed by atoms with van der Waals surface area (Å²) in [5, 5.41) is 4.15. The van der Waals surface area contributed by atoms with E-state index in [1.165, 1.54) is 0 Å². The van der Waals surface area contributed by atoms with E-state index in [1.54, 1.807) is 0 Å². The lowest BCUT2D eigenvalue weighted by atomic mass is 10.0. The Morgan fingerprint density at radius 2 is 2.38 bits per heavy atom. The summed E-state index contributed by atoms with van der Waals surface area (Å²) in [6.45, 7) is 12.3. The molecule has 1 heterocycles. The van der Waals surface area contributed by atoms with E-state index in [0.29, 0.717) is 12.0 Å². The maximum atomic E-state index is 5.82. The summed E-state index contributed by atoms with van der Waals surface area (Å²) in [6, 6.07) is 0.601. The quantitative estimate of drug-likeness (QED) is 0.749. The van der Waals surface area contributed by atoms with Gasteiger partial charge in [-0.25, -0.2) is 0 Å². The van der Waals surface area contributed by atoms with Crippen LogP contribution < -0.4 is 5.32 Å². The Hall–Kier alpha value is -0.0500. The molecule has 2 nitrogen and oxygen atoms in total. The van der Waals surface area contributed by atoms with Crippen LogP contribution in [0.2, 0.25) is 0 Å². The normalized spacial score (nSPS) is 25.1. The van der Waals surface area contributed by atoms with Crippen LogP contribution >= 0.6 is 11.6 Å². The minimum absolute atomic E-state index is 0.601. The number of hydrogen-bond acceptors (Lipinski definition) is 2. The lowest BCUT2D eigenvalue weighted by Crippen LogP contribution is -2.53. The third-order valence-electron chi connectivity index (χ3n) is 2.54. The van der Waals surface area contributed by atoms with E-state index in [9.17, 15) is 0 Å². The topological polar surface area (TPSA) is 15.3 Å². The van der Waals surface area contributed by atoms with Gasteiger partial charge in [-0.1, -0.05) is 32.0 Å². The predicted octanol–water partition coefficient (Wildman–Crippen LogP) is 1.67. The summed E-state index contributed by atoms with van der Waals surface area (Å²) in [5.74, 6) is 0.670. The molecule has 0 aliphatic carbocycles. The molecule has 1 unspecified atom stereocenters. The van der Waals surface area contributed by atoms with Crippen LogP contribution in [0.25, 0.3) is 0 Å². The summed E-state index contributed by atoms with van der Waals surface area (Å²) in [5.41, 5.74) is 0. The van der Waals surface area contributed by atoms with E-state index in [2.05, 4.69) is 30.6 Å². The van der Waals surface area contributed by atoms with Gasteiger partial charge in [0, 0.05) is 37.3 Å². The summed E-state index contributed by atoms with van der Waals surface area (Å²) >= 11 is 5.82. The highest BCUT2D eigenvalue weighted by Crippen LogP contribution is 2.14. The second-order valence-corrected chi connectivity index (χ2v) is 4.54. The molecule has 0 aromatic carbocycles. The number of nitrogens with zero attached hydrogens (tertiary/aromatic N) is 1. The van der Waals surface area contributed by atoms with Crippen LogP contribution in [0.4, 0.5) is 0 Å². The number of nitrogens with one attached hydrogen (secondary N) is 1. The average molecular weight is 203 g/mol. The molecule has 0 amide bonds. The minimum atomic E-state index is 0.601. The molecule has 1 saturated heterocycles. The number of piperazine rings is 1. The van der Waals surface area contributed by atoms with Crippen molar-refractivity contribution in [3.8, 4) is 0 Å². The van der Waals surface area contributed by atoms with Crippen molar-refractivity contribution in [3.63, 3.8) is 0 Å². The maximum Gasteiger partial charge on any atom is 0.0339 e. The molecular formula is C10H19ClN2. The number of rotatable bonds is 3. The first kappa shape index (κ1) is 11.0. The fourth-order valence-corrected chi connectivity index (χ4v) is 2.00. The van der Waals surface area contributed by atoms with Crippen LogP contribution in [0.5, 0.6) is 0 Å². The predicted molar refractivity (Wildman–Crippen MR) is 58.1 cm³/mol. The molecule has 0 saturated carbocycles. The third kappa shape index (κ3) is 3.29. The molecule has 0 bridgehead atoms. The molecule has 3 heteroatoms. The van der Waals surface area contributed by atoms with Crippen LogP contribution in [0, 0.1) is 5.92 Å². The van der Waals surface area contributed by atoms with Crippen molar-refractivity contribution < 1.29 is 0 Å². The smallest absolute Gasteiger partial charge is 0.0339 e. The largest absolute Gasteiger partial charge is 0.314 e. The zero-order valence-corrected chi connectivity index (χ0v) is 9.27. The van der Waals surface area contributed by atoms with Gasteiger partial charge >= 0.3 is 0 Å². The summed E-state index contributed by atoms with van der Waals surface area (Å²) < 4.78 is 0. The van der Waals surface area contributed by atoms with Crippen molar-refractivity contribution in [2.75, 3.05) is 26.2 Å². The first-order valence-electron chi connectivity index (χ1n) is 4.89. The molecule has 1 aliphatic rings. The molecule has 76 valence electrons. The molecule has 1 fully saturated rings. The molecule has 1 rings (SSSR count). The van der Waals surface area contributed by atoms with Gasteiger partial charge in [-0.05, 0) is 5.92 Å². The standard InChI is InChI=1S/C10H19ClN2/c1-8(2)10-6-12-4-5-13(10)7-9(3)11/h8,10,12H,3-7H2,1-2H3. The zero-order chi connectivity index (χ0) is 9.84. The zero-order valence-electron chi connectivity index (χ0n) is 8.52. The Bertz CT molecular complexity index is 180. The van der Waals surface area contributed by atoms with E-state index in [0.717, 1.165) is 31.2 Å². The highest BCUT2D eigenvalue weighted by Gasteiger charge is 2.24. The van der Waals surface area contributed by atoms with Crippen molar-refractivity contribution in [1.29, 1.82) is 0 Å². The van der Waals surface area contributed by atoms with Crippen molar-refractivity contribution >= 4 is 11.6 Å². The van der Waals surface area contributed by atoms with E-state index in [-0.39, 0.29) is 0 Å². The van der Waals surface area contributed by atoms with Gasteiger partial charge in [0.25, 0.3) is 0 Å². The van der Waals surface area contributed by atoms with Gasteiger partial charge in [0.05, 0.1) is 0 Å².